The van der Waals surface area contributed by atoms with Crippen molar-refractivity contribution in [3.63, 3.8) is 0 Å². The lowest BCUT2D eigenvalue weighted by Crippen LogP contribution is -1.88. The maximum Gasteiger partial charge on any atom is 0.115 e. The maximum absolute atomic E-state index is 9.48. The van der Waals surface area contributed by atoms with Crippen molar-refractivity contribution < 1.29 is 10.2 Å². The molecule has 5 aromatic rings. The molecule has 3 aromatic carbocycles. The number of phenols is 2. The summed E-state index contributed by atoms with van der Waals surface area (Å²) in [7, 11) is 0. The molecule has 0 unspecified atom stereocenters. The first kappa shape index (κ1) is 16.3. The fraction of sp³-hybridized carbons (Fsp3) is 0. The van der Waals surface area contributed by atoms with Crippen molar-refractivity contribution in [3.05, 3.63) is 85.2 Å². The third-order valence-electron chi connectivity index (χ3n) is 4.90. The van der Waals surface area contributed by atoms with E-state index in [0.29, 0.717) is 0 Å². The Morgan fingerprint density at radius 1 is 0.464 bits per heavy atom. The van der Waals surface area contributed by atoms with Crippen LogP contribution in [-0.4, -0.2) is 20.2 Å². The molecule has 5 rings (SSSR count). The monoisotopic (exact) mass is 364 g/mol. The van der Waals surface area contributed by atoms with Gasteiger partial charge in [0.1, 0.15) is 11.5 Å². The summed E-state index contributed by atoms with van der Waals surface area (Å²) in [5, 5.41) is 21.0. The SMILES string of the molecule is Oc1ccc(-c2cnc3c(ccc4cc(-c5ccc(O)cc5)cnc43)c2)cc1. The first-order chi connectivity index (χ1) is 13.7. The Balaban J connectivity index is 1.61. The Labute approximate surface area is 161 Å². The molecule has 0 aliphatic carbocycles. The lowest BCUT2D eigenvalue weighted by Gasteiger charge is -2.08. The predicted octanol–water partition coefficient (Wildman–Crippen LogP) is 5.53. The van der Waals surface area contributed by atoms with Crippen molar-refractivity contribution in [1.29, 1.82) is 0 Å². The highest BCUT2D eigenvalue weighted by Crippen LogP contribution is 2.30. The fourth-order valence-corrected chi connectivity index (χ4v) is 3.42. The average Bonchev–Trinajstić information content (AvgIpc) is 2.74. The van der Waals surface area contributed by atoms with Crippen LogP contribution in [0.4, 0.5) is 0 Å². The fourth-order valence-electron chi connectivity index (χ4n) is 3.42. The van der Waals surface area contributed by atoms with Crippen molar-refractivity contribution >= 4 is 21.8 Å². The van der Waals surface area contributed by atoms with Gasteiger partial charge in [0.15, 0.2) is 0 Å². The van der Waals surface area contributed by atoms with Crippen LogP contribution >= 0.6 is 0 Å². The van der Waals surface area contributed by atoms with Gasteiger partial charge < -0.3 is 10.2 Å². The highest BCUT2D eigenvalue weighted by Gasteiger charge is 2.08. The molecule has 0 aliphatic heterocycles. The van der Waals surface area contributed by atoms with Gasteiger partial charge in [-0.05, 0) is 47.5 Å². The van der Waals surface area contributed by atoms with Crippen LogP contribution in [0.25, 0.3) is 44.1 Å². The third kappa shape index (κ3) is 2.81. The molecule has 0 radical (unpaired) electrons. The van der Waals surface area contributed by atoms with Crippen molar-refractivity contribution in [1.82, 2.24) is 9.97 Å². The number of hydrogen-bond donors (Lipinski definition) is 2. The molecule has 4 heteroatoms. The van der Waals surface area contributed by atoms with E-state index in [1.165, 1.54) is 0 Å². The van der Waals surface area contributed by atoms with Crippen molar-refractivity contribution in [3.8, 4) is 33.8 Å². The van der Waals surface area contributed by atoms with Crippen LogP contribution in [0.5, 0.6) is 11.5 Å². The van der Waals surface area contributed by atoms with Crippen molar-refractivity contribution in [2.24, 2.45) is 0 Å². The zero-order valence-corrected chi connectivity index (χ0v) is 14.9. The first-order valence-electron chi connectivity index (χ1n) is 8.95. The number of benzene rings is 3. The number of phenolic OH excluding ortho intramolecular Hbond substituents is 2. The smallest absolute Gasteiger partial charge is 0.115 e. The molecule has 28 heavy (non-hydrogen) atoms. The van der Waals surface area contributed by atoms with Crippen LogP contribution in [0.1, 0.15) is 0 Å². The molecule has 0 atom stereocenters. The largest absolute Gasteiger partial charge is 0.508 e. The second kappa shape index (κ2) is 6.35. The summed E-state index contributed by atoms with van der Waals surface area (Å²) in [6.45, 7) is 0. The van der Waals surface area contributed by atoms with Crippen LogP contribution in [0, 0.1) is 0 Å². The lowest BCUT2D eigenvalue weighted by atomic mass is 10.0. The Morgan fingerprint density at radius 2 is 0.857 bits per heavy atom. The van der Waals surface area contributed by atoms with E-state index in [1.807, 2.05) is 36.7 Å². The molecule has 0 spiro atoms. The first-order valence-corrected chi connectivity index (χ1v) is 8.95. The number of nitrogens with zero attached hydrogens (tertiary/aromatic N) is 2. The van der Waals surface area contributed by atoms with E-state index >= 15 is 0 Å². The van der Waals surface area contributed by atoms with Gasteiger partial charge in [-0.25, -0.2) is 0 Å². The molecule has 2 heterocycles. The Morgan fingerprint density at radius 3 is 1.25 bits per heavy atom. The minimum atomic E-state index is 0.247. The zero-order valence-electron chi connectivity index (χ0n) is 14.9. The summed E-state index contributed by atoms with van der Waals surface area (Å²) in [5.41, 5.74) is 5.71. The van der Waals surface area contributed by atoms with Crippen molar-refractivity contribution in [2.45, 2.75) is 0 Å². The Bertz CT molecular complexity index is 1210. The summed E-state index contributed by atoms with van der Waals surface area (Å²) in [5.74, 6) is 0.495. The maximum atomic E-state index is 9.48. The molecule has 0 saturated carbocycles. The predicted molar refractivity (Wildman–Crippen MR) is 111 cm³/mol. The summed E-state index contributed by atoms with van der Waals surface area (Å²) < 4.78 is 0. The lowest BCUT2D eigenvalue weighted by molar-refractivity contribution is 0.475. The number of fused-ring (bicyclic) bond motifs is 3. The second-order valence-corrected chi connectivity index (χ2v) is 6.75. The quantitative estimate of drug-likeness (QED) is 0.404. The van der Waals surface area contributed by atoms with Gasteiger partial charge >= 0.3 is 0 Å². The van der Waals surface area contributed by atoms with Crippen LogP contribution < -0.4 is 0 Å². The van der Waals surface area contributed by atoms with Gasteiger partial charge in [0.25, 0.3) is 0 Å². The van der Waals surface area contributed by atoms with Gasteiger partial charge in [-0.1, -0.05) is 36.4 Å². The normalized spacial score (nSPS) is 11.1. The Hall–Kier alpha value is -3.92. The molecular weight excluding hydrogens is 348 g/mol. The van der Waals surface area contributed by atoms with Crippen LogP contribution in [0.2, 0.25) is 0 Å². The number of hydrogen-bond acceptors (Lipinski definition) is 4. The molecule has 4 nitrogen and oxygen atoms in total. The number of aromatic hydroxyl groups is 2. The third-order valence-corrected chi connectivity index (χ3v) is 4.90. The van der Waals surface area contributed by atoms with E-state index in [2.05, 4.69) is 34.2 Å². The highest BCUT2D eigenvalue weighted by atomic mass is 16.3. The minimum Gasteiger partial charge on any atom is -0.508 e. The van der Waals surface area contributed by atoms with Gasteiger partial charge in [0.05, 0.1) is 11.0 Å². The van der Waals surface area contributed by atoms with Crippen LogP contribution in [0.15, 0.2) is 85.2 Å². The summed E-state index contributed by atoms with van der Waals surface area (Å²) in [6.07, 6.45) is 3.67. The molecule has 0 amide bonds. The molecular formula is C24H16N2O2. The van der Waals surface area contributed by atoms with E-state index in [9.17, 15) is 10.2 Å². The summed E-state index contributed by atoms with van der Waals surface area (Å²) in [6, 6.07) is 22.5. The average molecular weight is 364 g/mol. The van der Waals surface area contributed by atoms with Gasteiger partial charge in [-0.15, -0.1) is 0 Å². The van der Waals surface area contributed by atoms with Gasteiger partial charge in [0.2, 0.25) is 0 Å². The Kier molecular flexibility index (Phi) is 3.69. The number of rotatable bonds is 2. The highest BCUT2D eigenvalue weighted by molar-refractivity contribution is 6.04. The van der Waals surface area contributed by atoms with E-state index in [4.69, 9.17) is 0 Å². The van der Waals surface area contributed by atoms with Crippen LogP contribution in [-0.2, 0) is 0 Å². The van der Waals surface area contributed by atoms with Gasteiger partial charge in [0, 0.05) is 34.3 Å². The number of aromatic nitrogens is 2. The minimum absolute atomic E-state index is 0.247. The van der Waals surface area contributed by atoms with Crippen LogP contribution in [0.3, 0.4) is 0 Å². The molecule has 0 fully saturated rings. The second-order valence-electron chi connectivity index (χ2n) is 6.75. The van der Waals surface area contributed by atoms with E-state index in [-0.39, 0.29) is 11.5 Å². The molecule has 2 N–H and O–H groups in total. The standard InChI is InChI=1S/C24H16N2O2/c27-21-7-3-15(4-8-21)19-11-17-1-2-18-12-20(16-5-9-22(28)10-6-16)14-26-24(18)23(17)25-13-19/h1-14,27-28H. The molecule has 0 saturated heterocycles. The van der Waals surface area contributed by atoms with E-state index < -0.39 is 0 Å². The zero-order chi connectivity index (χ0) is 19.1. The summed E-state index contributed by atoms with van der Waals surface area (Å²) in [4.78, 5) is 9.33. The van der Waals surface area contributed by atoms with Crippen molar-refractivity contribution in [2.75, 3.05) is 0 Å². The molecule has 134 valence electrons. The topological polar surface area (TPSA) is 66.2 Å². The summed E-state index contributed by atoms with van der Waals surface area (Å²) >= 11 is 0. The van der Waals surface area contributed by atoms with Gasteiger partial charge in [-0.2, -0.15) is 0 Å². The molecule has 0 aliphatic rings. The molecule has 2 aromatic heterocycles. The van der Waals surface area contributed by atoms with E-state index in [1.54, 1.807) is 24.3 Å². The van der Waals surface area contributed by atoms with Gasteiger partial charge in [-0.3, -0.25) is 9.97 Å². The van der Waals surface area contributed by atoms with E-state index in [0.717, 1.165) is 44.1 Å². The number of pyridine rings is 2. The molecule has 0 bridgehead atoms.